The van der Waals surface area contributed by atoms with Crippen LogP contribution in [0.15, 0.2) is 0 Å². The van der Waals surface area contributed by atoms with Crippen molar-refractivity contribution in [2.45, 2.75) is 57.2 Å². The van der Waals surface area contributed by atoms with E-state index in [0.29, 0.717) is 31.1 Å². The predicted molar refractivity (Wildman–Crippen MR) is 83.7 cm³/mol. The molecule has 4 rings (SSSR count). The van der Waals surface area contributed by atoms with Crippen LogP contribution in [-0.4, -0.2) is 42.7 Å². The number of carbonyl (C=O) groups excluding carboxylic acids is 3. The van der Waals surface area contributed by atoms with Gasteiger partial charge in [-0.15, -0.1) is 0 Å². The molecule has 9 heteroatoms. The van der Waals surface area contributed by atoms with Crippen molar-refractivity contribution in [2.75, 3.05) is 13.2 Å². The van der Waals surface area contributed by atoms with E-state index < -0.39 is 42.2 Å². The first kappa shape index (κ1) is 19.0. The number of halogens is 3. The van der Waals surface area contributed by atoms with Gasteiger partial charge in [0.15, 0.2) is 6.61 Å². The van der Waals surface area contributed by atoms with E-state index in [1.165, 1.54) is 6.92 Å². The van der Waals surface area contributed by atoms with Crippen LogP contribution in [0.4, 0.5) is 13.2 Å². The Hall–Kier alpha value is -1.80. The van der Waals surface area contributed by atoms with Crippen molar-refractivity contribution in [3.8, 4) is 0 Å². The van der Waals surface area contributed by atoms with Gasteiger partial charge in [-0.1, -0.05) is 0 Å². The molecule has 0 aromatic heterocycles. The topological polar surface area (TPSA) is 84.5 Å². The minimum absolute atomic E-state index is 0.137. The number of hydrogen-bond acceptors (Lipinski definition) is 4. The van der Waals surface area contributed by atoms with Crippen LogP contribution in [0.5, 0.6) is 0 Å². The molecule has 4 atom stereocenters. The highest BCUT2D eigenvalue weighted by atomic mass is 19.4. The molecule has 146 valence electrons. The summed E-state index contributed by atoms with van der Waals surface area (Å²) in [6, 6.07) is 0. The molecule has 0 radical (unpaired) electrons. The first-order valence-corrected chi connectivity index (χ1v) is 8.80. The number of alkyl halides is 3. The zero-order valence-corrected chi connectivity index (χ0v) is 14.6. The minimum Gasteiger partial charge on any atom is -0.455 e. The van der Waals surface area contributed by atoms with Gasteiger partial charge in [-0.25, -0.2) is 0 Å². The molecule has 26 heavy (non-hydrogen) atoms. The van der Waals surface area contributed by atoms with Crippen molar-refractivity contribution in [1.29, 1.82) is 0 Å². The van der Waals surface area contributed by atoms with Gasteiger partial charge in [-0.2, -0.15) is 13.2 Å². The number of rotatable bonds is 5. The second-order valence-electron chi connectivity index (χ2n) is 8.17. The number of nitrogens with one attached hydrogen (secondary N) is 2. The van der Waals surface area contributed by atoms with Crippen molar-refractivity contribution >= 4 is 17.8 Å². The van der Waals surface area contributed by atoms with Crippen molar-refractivity contribution in [3.63, 3.8) is 0 Å². The molecular formula is C17H23F3N2O4. The van der Waals surface area contributed by atoms with Crippen molar-refractivity contribution in [2.24, 2.45) is 17.3 Å². The fraction of sp³-hybridized carbons (Fsp3) is 0.824. The zero-order chi connectivity index (χ0) is 19.2. The maximum absolute atomic E-state index is 12.7. The van der Waals surface area contributed by atoms with Gasteiger partial charge in [0, 0.05) is 12.5 Å². The molecule has 4 aliphatic carbocycles. The van der Waals surface area contributed by atoms with E-state index >= 15 is 0 Å². The summed E-state index contributed by atoms with van der Waals surface area (Å²) in [5.74, 6) is -1.02. The standard InChI is InChI=1S/C17H23F3N2O4/c1-10(23)22-16-5-11-2-12(6-16)4-15(3-11,8-16)14(25)26-7-13(24)21-9-17(18,19)20/h11-12H,2-9H2,1H3,(H,21,24)(H,22,23)/t11-,12+,15?,16?. The molecule has 4 fully saturated rings. The molecular weight excluding hydrogens is 353 g/mol. The van der Waals surface area contributed by atoms with Crippen molar-refractivity contribution in [1.82, 2.24) is 10.6 Å². The molecule has 0 heterocycles. The molecule has 2 amide bonds. The molecule has 0 spiro atoms. The lowest BCUT2D eigenvalue weighted by Gasteiger charge is -2.60. The van der Waals surface area contributed by atoms with Crippen LogP contribution in [-0.2, 0) is 19.1 Å². The fourth-order valence-electron chi connectivity index (χ4n) is 5.56. The summed E-state index contributed by atoms with van der Waals surface area (Å²) in [5.41, 5.74) is -1.16. The average Bonchev–Trinajstić information content (AvgIpc) is 2.47. The summed E-state index contributed by atoms with van der Waals surface area (Å²) < 4.78 is 41.4. The monoisotopic (exact) mass is 376 g/mol. The molecule has 6 nitrogen and oxygen atoms in total. The largest absolute Gasteiger partial charge is 0.455 e. The minimum atomic E-state index is -4.51. The highest BCUT2D eigenvalue weighted by Gasteiger charge is 2.61. The van der Waals surface area contributed by atoms with Gasteiger partial charge in [0.25, 0.3) is 5.91 Å². The molecule has 2 unspecified atom stereocenters. The van der Waals surface area contributed by atoms with Crippen molar-refractivity contribution in [3.05, 3.63) is 0 Å². The van der Waals surface area contributed by atoms with Gasteiger partial charge < -0.3 is 15.4 Å². The predicted octanol–water partition coefficient (Wildman–Crippen LogP) is 1.68. The second kappa shape index (κ2) is 6.42. The third kappa shape index (κ3) is 3.96. The summed E-state index contributed by atoms with van der Waals surface area (Å²) in [5, 5.41) is 4.71. The van der Waals surface area contributed by atoms with Gasteiger partial charge in [-0.05, 0) is 50.4 Å². The highest BCUT2D eigenvalue weighted by molar-refractivity contribution is 5.83. The van der Waals surface area contributed by atoms with E-state index in [1.807, 2.05) is 0 Å². The first-order valence-electron chi connectivity index (χ1n) is 8.80. The fourth-order valence-corrected chi connectivity index (χ4v) is 5.56. The van der Waals surface area contributed by atoms with Gasteiger partial charge >= 0.3 is 12.1 Å². The third-order valence-electron chi connectivity index (χ3n) is 5.76. The van der Waals surface area contributed by atoms with Crippen LogP contribution in [0.1, 0.15) is 45.4 Å². The van der Waals surface area contributed by atoms with Gasteiger partial charge in [-0.3, -0.25) is 14.4 Å². The number of carbonyl (C=O) groups is 3. The van der Waals surface area contributed by atoms with E-state index in [4.69, 9.17) is 4.74 Å². The Labute approximate surface area is 149 Å². The SMILES string of the molecule is CC(=O)NC12C[C@H]3C[C@@H](C1)CC(C(=O)OCC(=O)NCC(F)(F)F)(C3)C2. The van der Waals surface area contributed by atoms with Crippen LogP contribution >= 0.6 is 0 Å². The Morgan fingerprint density at radius 2 is 1.73 bits per heavy atom. The second-order valence-corrected chi connectivity index (χ2v) is 8.17. The highest BCUT2D eigenvalue weighted by Crippen LogP contribution is 2.62. The Morgan fingerprint density at radius 1 is 1.12 bits per heavy atom. The number of esters is 1. The average molecular weight is 376 g/mol. The first-order chi connectivity index (χ1) is 12.0. The third-order valence-corrected chi connectivity index (χ3v) is 5.76. The lowest BCUT2D eigenvalue weighted by Crippen LogP contribution is -2.64. The lowest BCUT2D eigenvalue weighted by molar-refractivity contribution is -0.177. The zero-order valence-electron chi connectivity index (χ0n) is 14.6. The maximum atomic E-state index is 12.7. The molecule has 0 saturated heterocycles. The van der Waals surface area contributed by atoms with Crippen LogP contribution in [0.25, 0.3) is 0 Å². The molecule has 2 N–H and O–H groups in total. The van der Waals surface area contributed by atoms with E-state index in [1.54, 1.807) is 5.32 Å². The number of ether oxygens (including phenoxy) is 1. The summed E-state index contributed by atoms with van der Waals surface area (Å²) in [6.45, 7) is -0.724. The van der Waals surface area contributed by atoms with E-state index in [9.17, 15) is 27.6 Å². The summed E-state index contributed by atoms with van der Waals surface area (Å²) in [4.78, 5) is 35.8. The van der Waals surface area contributed by atoms with E-state index in [0.717, 1.165) is 19.3 Å². The Bertz CT molecular complexity index is 606. The smallest absolute Gasteiger partial charge is 0.405 e. The molecule has 0 aromatic rings. The summed E-state index contributed by atoms with van der Waals surface area (Å²) in [7, 11) is 0. The van der Waals surface area contributed by atoms with Crippen molar-refractivity contribution < 1.29 is 32.3 Å². The Balaban J connectivity index is 1.62. The normalized spacial score (nSPS) is 35.1. The molecule has 4 saturated carbocycles. The number of hydrogen-bond donors (Lipinski definition) is 2. The van der Waals surface area contributed by atoms with Gasteiger partial charge in [0.2, 0.25) is 5.91 Å². The molecule has 4 bridgehead atoms. The lowest BCUT2D eigenvalue weighted by atomic mass is 9.47. The summed E-state index contributed by atoms with van der Waals surface area (Å²) in [6.07, 6.45) is -0.0572. The quantitative estimate of drug-likeness (QED) is 0.715. The Kier molecular flexibility index (Phi) is 4.69. The van der Waals surface area contributed by atoms with E-state index in [2.05, 4.69) is 5.32 Å². The van der Waals surface area contributed by atoms with Crippen LogP contribution in [0, 0.1) is 17.3 Å². The van der Waals surface area contributed by atoms with Crippen LogP contribution in [0.3, 0.4) is 0 Å². The molecule has 0 aromatic carbocycles. The Morgan fingerprint density at radius 3 is 2.27 bits per heavy atom. The van der Waals surface area contributed by atoms with Crippen LogP contribution in [0.2, 0.25) is 0 Å². The molecule has 0 aliphatic heterocycles. The van der Waals surface area contributed by atoms with Gasteiger partial charge in [0.05, 0.1) is 5.41 Å². The van der Waals surface area contributed by atoms with Crippen LogP contribution < -0.4 is 10.6 Å². The maximum Gasteiger partial charge on any atom is 0.405 e. The summed E-state index contributed by atoms with van der Waals surface area (Å²) >= 11 is 0. The molecule has 4 aliphatic rings. The van der Waals surface area contributed by atoms with Gasteiger partial charge in [0.1, 0.15) is 6.54 Å². The van der Waals surface area contributed by atoms with E-state index in [-0.39, 0.29) is 5.91 Å². The number of amides is 2.